The first-order valence-electron chi connectivity index (χ1n) is 5.62. The first-order valence-corrected chi connectivity index (χ1v) is 8.23. The first-order chi connectivity index (χ1) is 8.45. The van der Waals surface area contributed by atoms with Crippen LogP contribution in [-0.4, -0.2) is 14.5 Å². The number of sulfonamides is 1. The van der Waals surface area contributed by atoms with Crippen LogP contribution in [0.25, 0.3) is 0 Å². The lowest BCUT2D eigenvalue weighted by molar-refractivity contribution is 0.317. The van der Waals surface area contributed by atoms with E-state index in [1.807, 2.05) is 20.8 Å². The average molecular weight is 345 g/mol. The zero-order valence-electron chi connectivity index (χ0n) is 11.1. The molecule has 0 saturated carbocycles. The highest BCUT2D eigenvalue weighted by molar-refractivity contribution is 7.89. The molecule has 0 radical (unpaired) electrons. The Bertz CT molecular complexity index is 579. The summed E-state index contributed by atoms with van der Waals surface area (Å²) in [7, 11) is -3.74. The van der Waals surface area contributed by atoms with Crippen LogP contribution in [-0.2, 0) is 10.0 Å². The van der Waals surface area contributed by atoms with E-state index in [1.165, 1.54) is 12.1 Å². The third-order valence-corrected chi connectivity index (χ3v) is 5.62. The number of hydrogen-bond acceptors (Lipinski definition) is 2. The molecule has 0 amide bonds. The molecule has 0 heterocycles. The summed E-state index contributed by atoms with van der Waals surface area (Å²) in [6.07, 6.45) is 0. The normalized spacial score (nSPS) is 14.5. The van der Waals surface area contributed by atoms with Gasteiger partial charge in [-0.3, -0.25) is 0 Å². The second-order valence-electron chi connectivity index (χ2n) is 5.41. The summed E-state index contributed by atoms with van der Waals surface area (Å²) in [5.41, 5.74) is -0.213. The molecule has 1 unspecified atom stereocenters. The van der Waals surface area contributed by atoms with Gasteiger partial charge < -0.3 is 0 Å². The Morgan fingerprint density at radius 2 is 1.53 bits per heavy atom. The van der Waals surface area contributed by atoms with E-state index < -0.39 is 10.0 Å². The minimum Gasteiger partial charge on any atom is -0.208 e. The van der Waals surface area contributed by atoms with Crippen molar-refractivity contribution >= 4 is 44.8 Å². The predicted octanol–water partition coefficient (Wildman–Crippen LogP) is 4.36. The van der Waals surface area contributed by atoms with Gasteiger partial charge in [-0.15, -0.1) is 0 Å². The summed E-state index contributed by atoms with van der Waals surface area (Å²) in [5.74, 6) is 0. The van der Waals surface area contributed by atoms with Gasteiger partial charge in [0.05, 0.1) is 15.1 Å². The maximum Gasteiger partial charge on any atom is 0.242 e. The summed E-state index contributed by atoms with van der Waals surface area (Å²) in [6, 6.07) is 2.31. The standard InChI is InChI=1S/C12H16Cl3NO2S/c1-7(12(2,3)4)16-19(17,18)11-6-9(14)8(13)5-10(11)15/h5-7,16H,1-4H3. The van der Waals surface area contributed by atoms with Crippen molar-refractivity contribution in [2.24, 2.45) is 5.41 Å². The smallest absolute Gasteiger partial charge is 0.208 e. The lowest BCUT2D eigenvalue weighted by atomic mass is 9.89. The Hall–Kier alpha value is -0.000000000000000111. The Morgan fingerprint density at radius 1 is 1.05 bits per heavy atom. The number of hydrogen-bond donors (Lipinski definition) is 1. The quantitative estimate of drug-likeness (QED) is 0.828. The van der Waals surface area contributed by atoms with Gasteiger partial charge in [0.25, 0.3) is 0 Å². The molecule has 1 aromatic carbocycles. The second-order valence-corrected chi connectivity index (χ2v) is 8.31. The zero-order valence-corrected chi connectivity index (χ0v) is 14.2. The highest BCUT2D eigenvalue weighted by Crippen LogP contribution is 2.32. The molecule has 7 heteroatoms. The fraction of sp³-hybridized carbons (Fsp3) is 0.500. The Labute approximate surface area is 129 Å². The fourth-order valence-corrected chi connectivity index (χ4v) is 3.63. The number of rotatable bonds is 3. The van der Waals surface area contributed by atoms with Gasteiger partial charge >= 0.3 is 0 Å². The molecule has 0 aliphatic heterocycles. The summed E-state index contributed by atoms with van der Waals surface area (Å²) in [6.45, 7) is 7.62. The topological polar surface area (TPSA) is 46.2 Å². The number of nitrogens with one attached hydrogen (secondary N) is 1. The van der Waals surface area contributed by atoms with Crippen LogP contribution < -0.4 is 4.72 Å². The van der Waals surface area contributed by atoms with E-state index in [9.17, 15) is 8.42 Å². The maximum atomic E-state index is 12.3. The first kappa shape index (κ1) is 17.1. The molecule has 0 aliphatic rings. The van der Waals surface area contributed by atoms with Gasteiger partial charge in [0.15, 0.2) is 0 Å². The van der Waals surface area contributed by atoms with Gasteiger partial charge in [-0.05, 0) is 24.5 Å². The van der Waals surface area contributed by atoms with Crippen molar-refractivity contribution in [1.82, 2.24) is 4.72 Å². The zero-order chi connectivity index (χ0) is 15.0. The molecule has 0 saturated heterocycles. The predicted molar refractivity (Wildman–Crippen MR) is 80.7 cm³/mol. The van der Waals surface area contributed by atoms with Crippen molar-refractivity contribution in [3.8, 4) is 0 Å². The van der Waals surface area contributed by atoms with Gasteiger partial charge in [0.2, 0.25) is 10.0 Å². The van der Waals surface area contributed by atoms with Crippen molar-refractivity contribution in [3.63, 3.8) is 0 Å². The molecule has 1 rings (SSSR count). The molecule has 0 bridgehead atoms. The van der Waals surface area contributed by atoms with Crippen LogP contribution in [0.2, 0.25) is 15.1 Å². The van der Waals surface area contributed by atoms with E-state index in [-0.39, 0.29) is 31.4 Å². The Morgan fingerprint density at radius 3 is 2.00 bits per heavy atom. The van der Waals surface area contributed by atoms with E-state index in [0.717, 1.165) is 0 Å². The van der Waals surface area contributed by atoms with Crippen molar-refractivity contribution < 1.29 is 8.42 Å². The van der Waals surface area contributed by atoms with Gasteiger partial charge in [0, 0.05) is 6.04 Å². The van der Waals surface area contributed by atoms with Crippen LogP contribution in [0, 0.1) is 5.41 Å². The van der Waals surface area contributed by atoms with Gasteiger partial charge in [0.1, 0.15) is 4.90 Å². The largest absolute Gasteiger partial charge is 0.242 e. The average Bonchev–Trinajstić information content (AvgIpc) is 2.21. The molecule has 0 spiro atoms. The highest BCUT2D eigenvalue weighted by atomic mass is 35.5. The molecule has 1 N–H and O–H groups in total. The number of benzene rings is 1. The van der Waals surface area contributed by atoms with Crippen LogP contribution in [0.15, 0.2) is 17.0 Å². The third-order valence-electron chi connectivity index (χ3n) is 2.90. The van der Waals surface area contributed by atoms with Crippen molar-refractivity contribution in [3.05, 3.63) is 27.2 Å². The van der Waals surface area contributed by atoms with Crippen LogP contribution >= 0.6 is 34.8 Å². The van der Waals surface area contributed by atoms with Crippen molar-refractivity contribution in [1.29, 1.82) is 0 Å². The van der Waals surface area contributed by atoms with E-state index in [2.05, 4.69) is 4.72 Å². The second kappa shape index (κ2) is 5.78. The molecule has 0 aromatic heterocycles. The molecule has 0 aliphatic carbocycles. The lowest BCUT2D eigenvalue weighted by Gasteiger charge is -2.28. The van der Waals surface area contributed by atoms with Crippen molar-refractivity contribution in [2.75, 3.05) is 0 Å². The fourth-order valence-electron chi connectivity index (χ4n) is 1.18. The monoisotopic (exact) mass is 343 g/mol. The van der Waals surface area contributed by atoms with E-state index in [4.69, 9.17) is 34.8 Å². The molecule has 108 valence electrons. The Kier molecular flexibility index (Phi) is 5.19. The van der Waals surface area contributed by atoms with Gasteiger partial charge in [-0.1, -0.05) is 55.6 Å². The molecule has 1 aromatic rings. The maximum absolute atomic E-state index is 12.3. The van der Waals surface area contributed by atoms with Crippen LogP contribution in [0.4, 0.5) is 0 Å². The van der Waals surface area contributed by atoms with E-state index in [0.29, 0.717) is 0 Å². The summed E-state index contributed by atoms with van der Waals surface area (Å²) >= 11 is 17.5. The summed E-state index contributed by atoms with van der Waals surface area (Å²) < 4.78 is 27.1. The molecule has 19 heavy (non-hydrogen) atoms. The third kappa shape index (κ3) is 4.23. The van der Waals surface area contributed by atoms with E-state index >= 15 is 0 Å². The van der Waals surface area contributed by atoms with Gasteiger partial charge in [-0.2, -0.15) is 0 Å². The van der Waals surface area contributed by atoms with Crippen LogP contribution in [0.1, 0.15) is 27.7 Å². The summed E-state index contributed by atoms with van der Waals surface area (Å²) in [4.78, 5) is -0.0698. The lowest BCUT2D eigenvalue weighted by Crippen LogP contribution is -2.41. The molecular weight excluding hydrogens is 329 g/mol. The molecule has 3 nitrogen and oxygen atoms in total. The number of halogens is 3. The van der Waals surface area contributed by atoms with E-state index in [1.54, 1.807) is 6.92 Å². The molecule has 1 atom stereocenters. The highest BCUT2D eigenvalue weighted by Gasteiger charge is 2.27. The van der Waals surface area contributed by atoms with Gasteiger partial charge in [-0.25, -0.2) is 13.1 Å². The summed E-state index contributed by atoms with van der Waals surface area (Å²) in [5, 5.41) is 0.410. The Balaban J connectivity index is 3.19. The minimum absolute atomic E-state index is 0.0445. The van der Waals surface area contributed by atoms with Crippen molar-refractivity contribution in [2.45, 2.75) is 38.6 Å². The minimum atomic E-state index is -3.74. The SMILES string of the molecule is CC(NS(=O)(=O)c1cc(Cl)c(Cl)cc1Cl)C(C)(C)C. The van der Waals surface area contributed by atoms with Crippen LogP contribution in [0.3, 0.4) is 0 Å². The molecule has 0 fully saturated rings. The molecular formula is C12H16Cl3NO2S. The van der Waals surface area contributed by atoms with Crippen LogP contribution in [0.5, 0.6) is 0 Å².